The molecule has 0 bridgehead atoms. The van der Waals surface area contributed by atoms with Crippen LogP contribution in [0, 0.1) is 5.82 Å². The molecule has 142 valence electrons. The highest BCUT2D eigenvalue weighted by atomic mass is 35.5. The van der Waals surface area contributed by atoms with Crippen LogP contribution in [0.3, 0.4) is 0 Å². The molecule has 1 aromatic carbocycles. The van der Waals surface area contributed by atoms with Gasteiger partial charge in [-0.2, -0.15) is 26.3 Å². The summed E-state index contributed by atoms with van der Waals surface area (Å²) in [6.45, 7) is 5.05. The van der Waals surface area contributed by atoms with Crippen LogP contribution in [0.1, 0.15) is 22.7 Å². The van der Waals surface area contributed by atoms with Crippen LogP contribution in [0.15, 0.2) is 24.8 Å². The minimum Gasteiger partial charge on any atom is -0.314 e. The van der Waals surface area contributed by atoms with E-state index >= 15 is 0 Å². The molecule has 25 heavy (non-hydrogen) atoms. The zero-order valence-corrected chi connectivity index (χ0v) is 13.7. The lowest BCUT2D eigenvalue weighted by Gasteiger charge is -2.35. The van der Waals surface area contributed by atoms with Crippen molar-refractivity contribution in [3.8, 4) is 0 Å². The van der Waals surface area contributed by atoms with Crippen LogP contribution in [-0.4, -0.2) is 31.1 Å². The number of piperazine rings is 1. The first kappa shape index (κ1) is 21.7. The molecule has 1 saturated heterocycles. The van der Waals surface area contributed by atoms with E-state index in [1.165, 1.54) is 0 Å². The Kier molecular flexibility index (Phi) is 6.88. The molecule has 1 atom stereocenters. The van der Waals surface area contributed by atoms with Crippen LogP contribution < -0.4 is 5.32 Å². The third-order valence-corrected chi connectivity index (χ3v) is 3.83. The second-order valence-electron chi connectivity index (χ2n) is 5.38. The van der Waals surface area contributed by atoms with E-state index in [0.29, 0.717) is 26.2 Å². The van der Waals surface area contributed by atoms with Crippen molar-refractivity contribution in [2.45, 2.75) is 18.4 Å². The molecular weight excluding hydrogens is 377 g/mol. The van der Waals surface area contributed by atoms with Crippen molar-refractivity contribution in [2.75, 3.05) is 26.2 Å². The Balaban J connectivity index is 0.00000312. The molecule has 0 aromatic heterocycles. The minimum absolute atomic E-state index is 0. The Morgan fingerprint density at radius 1 is 1.04 bits per heavy atom. The van der Waals surface area contributed by atoms with Crippen molar-refractivity contribution >= 4 is 12.4 Å². The highest BCUT2D eigenvalue weighted by molar-refractivity contribution is 5.85. The summed E-state index contributed by atoms with van der Waals surface area (Å²) in [5.41, 5.74) is -4.12. The molecule has 0 amide bonds. The van der Waals surface area contributed by atoms with E-state index < -0.39 is 40.9 Å². The van der Waals surface area contributed by atoms with Crippen molar-refractivity contribution in [3.05, 3.63) is 47.3 Å². The van der Waals surface area contributed by atoms with E-state index in [4.69, 9.17) is 0 Å². The quantitative estimate of drug-likeness (QED) is 0.605. The van der Waals surface area contributed by atoms with Crippen LogP contribution >= 0.6 is 12.4 Å². The maximum atomic E-state index is 14.3. The molecule has 0 aliphatic carbocycles. The predicted octanol–water partition coefficient (Wildman–Crippen LogP) is 4.42. The first-order valence-corrected chi connectivity index (χ1v) is 7.11. The van der Waals surface area contributed by atoms with Crippen LogP contribution in [0.4, 0.5) is 30.7 Å². The van der Waals surface area contributed by atoms with Gasteiger partial charge in [-0.05, 0) is 12.1 Å². The number of nitrogens with one attached hydrogen (secondary N) is 1. The summed E-state index contributed by atoms with van der Waals surface area (Å²) >= 11 is 0. The van der Waals surface area contributed by atoms with Gasteiger partial charge in [-0.3, -0.25) is 4.90 Å². The van der Waals surface area contributed by atoms with Crippen LogP contribution in [0.25, 0.3) is 0 Å². The van der Waals surface area contributed by atoms with E-state index in [1.54, 1.807) is 4.90 Å². The second-order valence-corrected chi connectivity index (χ2v) is 5.38. The van der Waals surface area contributed by atoms with E-state index in [0.717, 1.165) is 6.08 Å². The smallest absolute Gasteiger partial charge is 0.314 e. The van der Waals surface area contributed by atoms with Crippen molar-refractivity contribution in [3.63, 3.8) is 0 Å². The molecule has 0 unspecified atom stereocenters. The molecule has 2 rings (SSSR count). The standard InChI is InChI=1S/C15H15F7N2.ClH/c1-2-12(24-5-3-23-4-6-24)13-10(15(20,21)22)7-9(8-11(13)16)14(17,18)19;/h2,7-8,12,23H,1,3-6H2;1H/t12-;/m1./s1. The maximum Gasteiger partial charge on any atom is 0.416 e. The number of alkyl halides is 6. The van der Waals surface area contributed by atoms with Crippen molar-refractivity contribution < 1.29 is 30.7 Å². The first-order chi connectivity index (χ1) is 11.1. The predicted molar refractivity (Wildman–Crippen MR) is 81.0 cm³/mol. The zero-order valence-electron chi connectivity index (χ0n) is 12.8. The topological polar surface area (TPSA) is 15.3 Å². The number of halogens is 8. The SMILES string of the molecule is C=C[C@H](c1c(F)cc(C(F)(F)F)cc1C(F)(F)F)N1CCNCC1.Cl. The van der Waals surface area contributed by atoms with Gasteiger partial charge >= 0.3 is 12.4 Å². The van der Waals surface area contributed by atoms with Gasteiger partial charge in [-0.1, -0.05) is 6.08 Å². The van der Waals surface area contributed by atoms with Gasteiger partial charge in [0.15, 0.2) is 0 Å². The lowest BCUT2D eigenvalue weighted by Crippen LogP contribution is -2.45. The van der Waals surface area contributed by atoms with Gasteiger partial charge in [0.2, 0.25) is 0 Å². The van der Waals surface area contributed by atoms with Gasteiger partial charge < -0.3 is 5.32 Å². The summed E-state index contributed by atoms with van der Waals surface area (Å²) in [6.07, 6.45) is -9.07. The Morgan fingerprint density at radius 2 is 1.60 bits per heavy atom. The van der Waals surface area contributed by atoms with Gasteiger partial charge in [0.25, 0.3) is 0 Å². The van der Waals surface area contributed by atoms with Crippen molar-refractivity contribution in [1.82, 2.24) is 10.2 Å². The molecule has 0 spiro atoms. The zero-order chi connectivity index (χ0) is 18.1. The number of rotatable bonds is 3. The summed E-state index contributed by atoms with van der Waals surface area (Å²) in [6, 6.07) is -1.11. The third-order valence-electron chi connectivity index (χ3n) is 3.83. The van der Waals surface area contributed by atoms with Crippen molar-refractivity contribution in [2.24, 2.45) is 0 Å². The normalized spacial score (nSPS) is 17.7. The van der Waals surface area contributed by atoms with Gasteiger partial charge in [-0.25, -0.2) is 4.39 Å². The van der Waals surface area contributed by atoms with E-state index in [1.807, 2.05) is 0 Å². The van der Waals surface area contributed by atoms with Gasteiger partial charge in [0, 0.05) is 31.7 Å². The lowest BCUT2D eigenvalue weighted by atomic mass is 9.95. The first-order valence-electron chi connectivity index (χ1n) is 7.11. The molecule has 1 fully saturated rings. The largest absolute Gasteiger partial charge is 0.416 e. The van der Waals surface area contributed by atoms with Crippen LogP contribution in [0.5, 0.6) is 0 Å². The highest BCUT2D eigenvalue weighted by Crippen LogP contribution is 2.42. The monoisotopic (exact) mass is 392 g/mol. The summed E-state index contributed by atoms with van der Waals surface area (Å²) in [5.74, 6) is -1.54. The van der Waals surface area contributed by atoms with Gasteiger partial charge in [0.1, 0.15) is 5.82 Å². The maximum absolute atomic E-state index is 14.3. The van der Waals surface area contributed by atoms with Gasteiger partial charge in [-0.15, -0.1) is 19.0 Å². The van der Waals surface area contributed by atoms with Crippen LogP contribution in [-0.2, 0) is 12.4 Å². The fourth-order valence-electron chi connectivity index (χ4n) is 2.73. The summed E-state index contributed by atoms with van der Waals surface area (Å²) < 4.78 is 92.3. The number of benzene rings is 1. The second kappa shape index (κ2) is 7.92. The Morgan fingerprint density at radius 3 is 2.04 bits per heavy atom. The Bertz CT molecular complexity index is 607. The molecule has 10 heteroatoms. The van der Waals surface area contributed by atoms with Crippen LogP contribution in [0.2, 0.25) is 0 Å². The fourth-order valence-corrected chi connectivity index (χ4v) is 2.73. The molecular formula is C15H16ClF7N2. The summed E-state index contributed by atoms with van der Waals surface area (Å²) in [7, 11) is 0. The lowest BCUT2D eigenvalue weighted by molar-refractivity contribution is -0.144. The molecule has 2 nitrogen and oxygen atoms in total. The van der Waals surface area contributed by atoms with E-state index in [9.17, 15) is 30.7 Å². The molecule has 1 N–H and O–H groups in total. The number of hydrogen-bond donors (Lipinski definition) is 1. The van der Waals surface area contributed by atoms with E-state index in [-0.39, 0.29) is 24.5 Å². The van der Waals surface area contributed by atoms with Gasteiger partial charge in [0.05, 0.1) is 17.2 Å². The fraction of sp³-hybridized carbons (Fsp3) is 0.467. The number of nitrogens with zero attached hydrogens (tertiary/aromatic N) is 1. The minimum atomic E-state index is -5.12. The Hall–Kier alpha value is -1.32. The van der Waals surface area contributed by atoms with Crippen molar-refractivity contribution in [1.29, 1.82) is 0 Å². The third kappa shape index (κ3) is 4.86. The Labute approximate surface area is 146 Å². The van der Waals surface area contributed by atoms with E-state index in [2.05, 4.69) is 11.9 Å². The average Bonchev–Trinajstić information content (AvgIpc) is 2.48. The molecule has 0 radical (unpaired) electrons. The number of hydrogen-bond acceptors (Lipinski definition) is 2. The summed E-state index contributed by atoms with van der Waals surface area (Å²) in [5, 5.41) is 2.99. The molecule has 1 aliphatic rings. The molecule has 1 aromatic rings. The molecule has 1 aliphatic heterocycles. The summed E-state index contributed by atoms with van der Waals surface area (Å²) in [4.78, 5) is 1.55. The molecule has 1 heterocycles. The molecule has 0 saturated carbocycles. The average molecular weight is 393 g/mol. The highest BCUT2D eigenvalue weighted by Gasteiger charge is 2.41.